The highest BCUT2D eigenvalue weighted by Crippen LogP contribution is 2.21. The summed E-state index contributed by atoms with van der Waals surface area (Å²) in [6, 6.07) is 15.9. The molecule has 0 aliphatic heterocycles. The third kappa shape index (κ3) is 2.91. The van der Waals surface area contributed by atoms with E-state index in [1.54, 1.807) is 42.5 Å². The standard InChI is InChI=1S/C15H10ClNO/c16-14-3-1-2-11(9-14)8-13(10-17)12-4-6-15(18)7-5-12/h1-9,18H. The van der Waals surface area contributed by atoms with Crippen LogP contribution in [-0.4, -0.2) is 5.11 Å². The molecule has 0 heterocycles. The number of halogens is 1. The third-order valence-corrected chi connectivity index (χ3v) is 2.69. The van der Waals surface area contributed by atoms with Gasteiger partial charge < -0.3 is 5.11 Å². The van der Waals surface area contributed by atoms with Crippen LogP contribution in [0.15, 0.2) is 48.5 Å². The maximum Gasteiger partial charge on any atom is 0.115 e. The van der Waals surface area contributed by atoms with Crippen molar-refractivity contribution in [1.29, 1.82) is 5.26 Å². The quantitative estimate of drug-likeness (QED) is 0.648. The molecule has 0 bridgehead atoms. The van der Waals surface area contributed by atoms with Crippen molar-refractivity contribution < 1.29 is 5.11 Å². The number of benzene rings is 2. The first-order valence-corrected chi connectivity index (χ1v) is 5.73. The molecule has 0 amide bonds. The third-order valence-electron chi connectivity index (χ3n) is 2.46. The molecule has 2 nitrogen and oxygen atoms in total. The molecule has 2 aromatic rings. The molecule has 0 aliphatic rings. The predicted octanol–water partition coefficient (Wildman–Crippen LogP) is 4.11. The SMILES string of the molecule is N#CC(=Cc1cccc(Cl)c1)c1ccc(O)cc1. The second-order valence-corrected chi connectivity index (χ2v) is 4.21. The van der Waals surface area contributed by atoms with Crippen molar-refractivity contribution in [1.82, 2.24) is 0 Å². The van der Waals surface area contributed by atoms with Crippen LogP contribution in [0.25, 0.3) is 11.6 Å². The van der Waals surface area contributed by atoms with Crippen molar-refractivity contribution in [2.75, 3.05) is 0 Å². The minimum atomic E-state index is 0.179. The maximum atomic E-state index is 9.22. The molecule has 0 fully saturated rings. The van der Waals surface area contributed by atoms with E-state index in [1.807, 2.05) is 12.1 Å². The van der Waals surface area contributed by atoms with E-state index >= 15 is 0 Å². The molecule has 3 heteroatoms. The fourth-order valence-corrected chi connectivity index (χ4v) is 1.78. The first-order valence-electron chi connectivity index (χ1n) is 5.36. The van der Waals surface area contributed by atoms with Crippen LogP contribution in [0.5, 0.6) is 5.75 Å². The van der Waals surface area contributed by atoms with Gasteiger partial charge in [0.15, 0.2) is 0 Å². The van der Waals surface area contributed by atoms with Gasteiger partial charge in [0.1, 0.15) is 5.75 Å². The van der Waals surface area contributed by atoms with Crippen LogP contribution < -0.4 is 0 Å². The topological polar surface area (TPSA) is 44.0 Å². The van der Waals surface area contributed by atoms with Gasteiger partial charge in [-0.25, -0.2) is 0 Å². The Morgan fingerprint density at radius 2 is 1.89 bits per heavy atom. The zero-order valence-corrected chi connectivity index (χ0v) is 10.2. The van der Waals surface area contributed by atoms with E-state index in [2.05, 4.69) is 6.07 Å². The van der Waals surface area contributed by atoms with Crippen LogP contribution in [-0.2, 0) is 0 Å². The van der Waals surface area contributed by atoms with Gasteiger partial charge >= 0.3 is 0 Å². The highest BCUT2D eigenvalue weighted by Gasteiger charge is 2.01. The van der Waals surface area contributed by atoms with E-state index in [4.69, 9.17) is 16.9 Å². The number of rotatable bonds is 2. The summed E-state index contributed by atoms with van der Waals surface area (Å²) in [6.07, 6.45) is 1.76. The Balaban J connectivity index is 2.40. The van der Waals surface area contributed by atoms with Crippen molar-refractivity contribution in [3.63, 3.8) is 0 Å². The van der Waals surface area contributed by atoms with Gasteiger partial charge in [0.05, 0.1) is 11.6 Å². The number of allylic oxidation sites excluding steroid dienone is 1. The molecule has 2 rings (SSSR count). The van der Waals surface area contributed by atoms with Crippen molar-refractivity contribution in [2.45, 2.75) is 0 Å². The lowest BCUT2D eigenvalue weighted by atomic mass is 10.0. The van der Waals surface area contributed by atoms with Crippen molar-refractivity contribution in [3.8, 4) is 11.8 Å². The van der Waals surface area contributed by atoms with Gasteiger partial charge in [-0.05, 0) is 53.6 Å². The Morgan fingerprint density at radius 1 is 1.17 bits per heavy atom. The van der Waals surface area contributed by atoms with Crippen LogP contribution in [0.2, 0.25) is 5.02 Å². The van der Waals surface area contributed by atoms with E-state index in [1.165, 1.54) is 0 Å². The maximum absolute atomic E-state index is 9.22. The Bertz CT molecular complexity index is 624. The Morgan fingerprint density at radius 3 is 2.50 bits per heavy atom. The molecule has 0 unspecified atom stereocenters. The summed E-state index contributed by atoms with van der Waals surface area (Å²) in [5.74, 6) is 0.179. The van der Waals surface area contributed by atoms with Crippen LogP contribution >= 0.6 is 11.6 Å². The van der Waals surface area contributed by atoms with E-state index in [9.17, 15) is 5.11 Å². The van der Waals surface area contributed by atoms with E-state index in [-0.39, 0.29) is 5.75 Å². The Labute approximate surface area is 110 Å². The molecule has 0 aromatic heterocycles. The summed E-state index contributed by atoms with van der Waals surface area (Å²) in [4.78, 5) is 0. The van der Waals surface area contributed by atoms with E-state index < -0.39 is 0 Å². The number of hydrogen-bond donors (Lipinski definition) is 1. The molecule has 0 spiro atoms. The summed E-state index contributed by atoms with van der Waals surface area (Å²) in [7, 11) is 0. The largest absolute Gasteiger partial charge is 0.508 e. The summed E-state index contributed by atoms with van der Waals surface area (Å²) in [6.45, 7) is 0. The van der Waals surface area contributed by atoms with Gasteiger partial charge in [-0.1, -0.05) is 23.7 Å². The zero-order valence-electron chi connectivity index (χ0n) is 9.47. The van der Waals surface area contributed by atoms with Gasteiger partial charge in [-0.3, -0.25) is 0 Å². The highest BCUT2D eigenvalue weighted by molar-refractivity contribution is 6.30. The second-order valence-electron chi connectivity index (χ2n) is 3.77. The first kappa shape index (κ1) is 12.2. The number of aromatic hydroxyl groups is 1. The Hall–Kier alpha value is -2.24. The lowest BCUT2D eigenvalue weighted by Gasteiger charge is -2.00. The molecule has 88 valence electrons. The first-order chi connectivity index (χ1) is 8.69. The van der Waals surface area contributed by atoms with Crippen LogP contribution in [0.4, 0.5) is 0 Å². The van der Waals surface area contributed by atoms with Gasteiger partial charge in [0.25, 0.3) is 0 Å². The lowest BCUT2D eigenvalue weighted by molar-refractivity contribution is 0.475. The van der Waals surface area contributed by atoms with Crippen molar-refractivity contribution in [3.05, 3.63) is 64.7 Å². The zero-order chi connectivity index (χ0) is 13.0. The second kappa shape index (κ2) is 5.39. The summed E-state index contributed by atoms with van der Waals surface area (Å²) in [5.41, 5.74) is 2.15. The number of hydrogen-bond acceptors (Lipinski definition) is 2. The number of nitrogens with zero attached hydrogens (tertiary/aromatic N) is 1. The minimum absolute atomic E-state index is 0.179. The van der Waals surface area contributed by atoms with Crippen LogP contribution in [0, 0.1) is 11.3 Å². The monoisotopic (exact) mass is 255 g/mol. The summed E-state index contributed by atoms with van der Waals surface area (Å²) >= 11 is 5.89. The lowest BCUT2D eigenvalue weighted by Crippen LogP contribution is -1.81. The molecule has 0 saturated carbocycles. The van der Waals surface area contributed by atoms with Gasteiger partial charge in [-0.15, -0.1) is 0 Å². The summed E-state index contributed by atoms with van der Waals surface area (Å²) < 4.78 is 0. The molecule has 0 aliphatic carbocycles. The molecule has 1 N–H and O–H groups in total. The molecule has 0 saturated heterocycles. The summed E-state index contributed by atoms with van der Waals surface area (Å²) in [5, 5.41) is 19.0. The molecule has 0 radical (unpaired) electrons. The van der Waals surface area contributed by atoms with Crippen LogP contribution in [0.3, 0.4) is 0 Å². The van der Waals surface area contributed by atoms with Crippen molar-refractivity contribution >= 4 is 23.3 Å². The Kier molecular flexibility index (Phi) is 3.66. The fourth-order valence-electron chi connectivity index (χ4n) is 1.58. The molecular formula is C15H10ClNO. The smallest absolute Gasteiger partial charge is 0.115 e. The average molecular weight is 256 g/mol. The van der Waals surface area contributed by atoms with Crippen molar-refractivity contribution in [2.24, 2.45) is 0 Å². The number of phenols is 1. The molecule has 0 atom stereocenters. The van der Waals surface area contributed by atoms with E-state index in [0.29, 0.717) is 10.6 Å². The molecular weight excluding hydrogens is 246 g/mol. The fraction of sp³-hybridized carbons (Fsp3) is 0. The highest BCUT2D eigenvalue weighted by atomic mass is 35.5. The van der Waals surface area contributed by atoms with Crippen LogP contribution in [0.1, 0.15) is 11.1 Å². The minimum Gasteiger partial charge on any atom is -0.508 e. The molecule has 2 aromatic carbocycles. The normalized spacial score (nSPS) is 11.0. The average Bonchev–Trinajstić information content (AvgIpc) is 2.37. The van der Waals surface area contributed by atoms with Gasteiger partial charge in [-0.2, -0.15) is 5.26 Å². The number of phenolic OH excluding ortho intramolecular Hbond substituents is 1. The number of nitriles is 1. The van der Waals surface area contributed by atoms with E-state index in [0.717, 1.165) is 11.1 Å². The molecule has 18 heavy (non-hydrogen) atoms. The van der Waals surface area contributed by atoms with Gasteiger partial charge in [0, 0.05) is 5.02 Å². The predicted molar refractivity (Wildman–Crippen MR) is 73.0 cm³/mol. The van der Waals surface area contributed by atoms with Gasteiger partial charge in [0.2, 0.25) is 0 Å².